The van der Waals surface area contributed by atoms with E-state index in [1.54, 1.807) is 31.5 Å². The van der Waals surface area contributed by atoms with Gasteiger partial charge in [0.05, 0.1) is 11.5 Å². The fraction of sp³-hybridized carbons (Fsp3) is 0.478. The van der Waals surface area contributed by atoms with Gasteiger partial charge in [0.2, 0.25) is 21.8 Å². The second-order valence-corrected chi connectivity index (χ2v) is 10.1. The summed E-state index contributed by atoms with van der Waals surface area (Å²) in [5.41, 5.74) is 2.89. The second kappa shape index (κ2) is 9.97. The summed E-state index contributed by atoms with van der Waals surface area (Å²) in [5, 5.41) is 2.89. The molecule has 4 rings (SSSR count). The predicted molar refractivity (Wildman–Crippen MR) is 120 cm³/mol. The van der Waals surface area contributed by atoms with Gasteiger partial charge in [0, 0.05) is 32.3 Å². The number of hydrogen-bond donors (Lipinski definition) is 1. The van der Waals surface area contributed by atoms with Gasteiger partial charge in [0.15, 0.2) is 0 Å². The summed E-state index contributed by atoms with van der Waals surface area (Å²) in [6, 6.07) is 8.94. The molecule has 1 saturated heterocycles. The van der Waals surface area contributed by atoms with Crippen LogP contribution in [-0.4, -0.2) is 57.0 Å². The largest absolute Gasteiger partial charge is 0.474 e. The third-order valence-corrected chi connectivity index (χ3v) is 7.98. The molecule has 0 saturated carbocycles. The molecule has 9 heteroatoms. The number of fused-ring (bicyclic) bond motifs is 1. The average Bonchev–Trinajstić information content (AvgIpc) is 3.28. The first-order chi connectivity index (χ1) is 15.5. The first-order valence-corrected chi connectivity index (χ1v) is 12.4. The highest BCUT2D eigenvalue weighted by Gasteiger charge is 2.33. The normalized spacial score (nSPS) is 17.2. The first-order valence-electron chi connectivity index (χ1n) is 11.0. The van der Waals surface area contributed by atoms with Crippen molar-refractivity contribution in [2.24, 2.45) is 5.92 Å². The summed E-state index contributed by atoms with van der Waals surface area (Å²) in [7, 11) is -1.97. The second-order valence-electron chi connectivity index (χ2n) is 8.15. The van der Waals surface area contributed by atoms with Crippen LogP contribution in [0.1, 0.15) is 30.4 Å². The Labute approximate surface area is 189 Å². The maximum absolute atomic E-state index is 13.1. The molecule has 0 spiro atoms. The number of amides is 1. The molecule has 1 aromatic carbocycles. The summed E-state index contributed by atoms with van der Waals surface area (Å²) < 4.78 is 38.3. The molecule has 1 N–H and O–H groups in total. The van der Waals surface area contributed by atoms with Crippen molar-refractivity contribution in [3.05, 3.63) is 47.7 Å². The topological polar surface area (TPSA) is 97.8 Å². The Hall–Kier alpha value is -2.49. The Morgan fingerprint density at radius 1 is 1.16 bits per heavy atom. The van der Waals surface area contributed by atoms with Gasteiger partial charge < -0.3 is 14.8 Å². The zero-order valence-corrected chi connectivity index (χ0v) is 19.1. The number of pyridine rings is 1. The molecule has 172 valence electrons. The minimum atomic E-state index is -3.55. The number of nitrogens with zero attached hydrogens (tertiary/aromatic N) is 2. The van der Waals surface area contributed by atoms with Crippen LogP contribution in [0, 0.1) is 5.92 Å². The summed E-state index contributed by atoms with van der Waals surface area (Å²) in [5.74, 6) is -0.0767. The van der Waals surface area contributed by atoms with Crippen LogP contribution >= 0.6 is 0 Å². The van der Waals surface area contributed by atoms with Gasteiger partial charge in [-0.2, -0.15) is 4.31 Å². The standard InChI is InChI=1S/C23H29N3O5S/c1-30-14-15-31-23-21(6-3-11-24-23)25-22(27)18-9-12-26(13-10-18)32(28,29)20-8-7-17-4-2-5-19(17)16-20/h3,6-8,11,16,18H,2,4-5,9-10,12-15H2,1H3,(H,25,27). The molecule has 2 aromatic rings. The summed E-state index contributed by atoms with van der Waals surface area (Å²) in [6.07, 6.45) is 5.57. The number of carbonyl (C=O) groups is 1. The van der Waals surface area contributed by atoms with Crippen LogP contribution in [0.15, 0.2) is 41.4 Å². The summed E-state index contributed by atoms with van der Waals surface area (Å²) >= 11 is 0. The maximum Gasteiger partial charge on any atom is 0.243 e. The summed E-state index contributed by atoms with van der Waals surface area (Å²) in [6.45, 7) is 1.39. The number of nitrogens with one attached hydrogen (secondary N) is 1. The Kier molecular flexibility index (Phi) is 7.07. The highest BCUT2D eigenvalue weighted by Crippen LogP contribution is 2.29. The molecular weight excluding hydrogens is 430 g/mol. The van der Waals surface area contributed by atoms with Crippen LogP contribution in [0.5, 0.6) is 5.88 Å². The van der Waals surface area contributed by atoms with Crippen molar-refractivity contribution in [2.45, 2.75) is 37.0 Å². The molecule has 0 atom stereocenters. The van der Waals surface area contributed by atoms with Gasteiger partial charge in [-0.15, -0.1) is 0 Å². The number of sulfonamides is 1. The van der Waals surface area contributed by atoms with E-state index in [0.29, 0.717) is 55.6 Å². The lowest BCUT2D eigenvalue weighted by atomic mass is 9.97. The number of methoxy groups -OCH3 is 1. The van der Waals surface area contributed by atoms with Gasteiger partial charge in [-0.3, -0.25) is 4.79 Å². The fourth-order valence-electron chi connectivity index (χ4n) is 4.27. The zero-order chi connectivity index (χ0) is 22.6. The van der Waals surface area contributed by atoms with Crippen LogP contribution in [0.4, 0.5) is 5.69 Å². The van der Waals surface area contributed by atoms with E-state index >= 15 is 0 Å². The van der Waals surface area contributed by atoms with Gasteiger partial charge in [-0.25, -0.2) is 13.4 Å². The van der Waals surface area contributed by atoms with Crippen LogP contribution in [0.25, 0.3) is 0 Å². The Morgan fingerprint density at radius 2 is 1.94 bits per heavy atom. The highest BCUT2D eigenvalue weighted by molar-refractivity contribution is 7.89. The molecule has 8 nitrogen and oxygen atoms in total. The Balaban J connectivity index is 1.36. The summed E-state index contributed by atoms with van der Waals surface area (Å²) in [4.78, 5) is 17.3. The third-order valence-electron chi connectivity index (χ3n) is 6.09. The first kappa shape index (κ1) is 22.7. The lowest BCUT2D eigenvalue weighted by Crippen LogP contribution is -2.41. The molecule has 0 bridgehead atoms. The molecule has 1 amide bonds. The number of hydrogen-bond acceptors (Lipinski definition) is 6. The van der Waals surface area contributed by atoms with Crippen molar-refractivity contribution in [3.8, 4) is 5.88 Å². The molecule has 1 fully saturated rings. The number of ether oxygens (including phenoxy) is 2. The SMILES string of the molecule is COCCOc1ncccc1NC(=O)C1CCN(S(=O)(=O)c2ccc3c(c2)CCC3)CC1. The molecule has 0 unspecified atom stereocenters. The van der Waals surface area contributed by atoms with Crippen molar-refractivity contribution in [1.82, 2.24) is 9.29 Å². The molecule has 0 radical (unpaired) electrons. The molecule has 1 aliphatic carbocycles. The van der Waals surface area contributed by atoms with E-state index in [-0.39, 0.29) is 11.8 Å². The maximum atomic E-state index is 13.1. The molecule has 1 aliphatic heterocycles. The van der Waals surface area contributed by atoms with Crippen molar-refractivity contribution in [3.63, 3.8) is 0 Å². The minimum absolute atomic E-state index is 0.149. The smallest absolute Gasteiger partial charge is 0.243 e. The van der Waals surface area contributed by atoms with Gasteiger partial charge in [0.25, 0.3) is 0 Å². The van der Waals surface area contributed by atoms with Crippen molar-refractivity contribution in [1.29, 1.82) is 0 Å². The Bertz CT molecular complexity index is 1070. The van der Waals surface area contributed by atoms with E-state index in [2.05, 4.69) is 10.3 Å². The van der Waals surface area contributed by atoms with Crippen molar-refractivity contribution in [2.75, 3.05) is 38.7 Å². The average molecular weight is 460 g/mol. The quantitative estimate of drug-likeness (QED) is 0.610. The van der Waals surface area contributed by atoms with Gasteiger partial charge >= 0.3 is 0 Å². The zero-order valence-electron chi connectivity index (χ0n) is 18.2. The number of rotatable bonds is 8. The highest BCUT2D eigenvalue weighted by atomic mass is 32.2. The monoisotopic (exact) mass is 459 g/mol. The van der Waals surface area contributed by atoms with Crippen LogP contribution < -0.4 is 10.1 Å². The van der Waals surface area contributed by atoms with Gasteiger partial charge in [-0.1, -0.05) is 6.07 Å². The molecule has 2 heterocycles. The molecule has 32 heavy (non-hydrogen) atoms. The number of anilines is 1. The molecule has 1 aromatic heterocycles. The van der Waals surface area contributed by atoms with Crippen LogP contribution in [0.2, 0.25) is 0 Å². The number of aryl methyl sites for hydroxylation is 2. The van der Waals surface area contributed by atoms with E-state index in [9.17, 15) is 13.2 Å². The van der Waals surface area contributed by atoms with E-state index in [4.69, 9.17) is 9.47 Å². The van der Waals surface area contributed by atoms with Crippen molar-refractivity contribution >= 4 is 21.6 Å². The van der Waals surface area contributed by atoms with Crippen molar-refractivity contribution < 1.29 is 22.7 Å². The van der Waals surface area contributed by atoms with E-state index < -0.39 is 10.0 Å². The fourth-order valence-corrected chi connectivity index (χ4v) is 5.79. The minimum Gasteiger partial charge on any atom is -0.474 e. The van der Waals surface area contributed by atoms with E-state index in [0.717, 1.165) is 24.8 Å². The number of carbonyl (C=O) groups excluding carboxylic acids is 1. The predicted octanol–water partition coefficient (Wildman–Crippen LogP) is 2.63. The van der Waals surface area contributed by atoms with E-state index in [1.807, 2.05) is 12.1 Å². The molecular formula is C23H29N3O5S. The van der Waals surface area contributed by atoms with Crippen LogP contribution in [0.3, 0.4) is 0 Å². The number of benzene rings is 1. The number of piperidine rings is 1. The number of aromatic nitrogens is 1. The lowest BCUT2D eigenvalue weighted by molar-refractivity contribution is -0.120. The molecule has 2 aliphatic rings. The van der Waals surface area contributed by atoms with Gasteiger partial charge in [-0.05, 0) is 67.5 Å². The van der Waals surface area contributed by atoms with Gasteiger partial charge in [0.1, 0.15) is 12.3 Å². The van der Waals surface area contributed by atoms with E-state index in [1.165, 1.54) is 9.87 Å². The Morgan fingerprint density at radius 3 is 2.72 bits per heavy atom. The van der Waals surface area contributed by atoms with Crippen LogP contribution in [-0.2, 0) is 32.4 Å². The lowest BCUT2D eigenvalue weighted by Gasteiger charge is -2.30. The third kappa shape index (κ3) is 4.95.